The van der Waals surface area contributed by atoms with Crippen LogP contribution in [0.1, 0.15) is 16.7 Å². The van der Waals surface area contributed by atoms with Crippen molar-refractivity contribution in [2.24, 2.45) is 9.98 Å². The molecular weight excluding hydrogens is 480 g/mol. The Kier molecular flexibility index (Phi) is 8.58. The van der Waals surface area contributed by atoms with Gasteiger partial charge in [-0.2, -0.15) is 0 Å². The molecule has 0 saturated heterocycles. The first kappa shape index (κ1) is 26.4. The Morgan fingerprint density at radius 1 is 1.22 bits per heavy atom. The van der Waals surface area contributed by atoms with Gasteiger partial charge in [0.1, 0.15) is 18.0 Å². The lowest BCUT2D eigenvalue weighted by molar-refractivity contribution is 0.313. The minimum Gasteiger partial charge on any atom is -0.366 e. The zero-order chi connectivity index (χ0) is 26.4. The summed E-state index contributed by atoms with van der Waals surface area (Å²) in [5.74, 6) is 0.629. The molecule has 2 N–H and O–H groups in total. The number of fused-ring (bicyclic) bond motifs is 2. The van der Waals surface area contributed by atoms with Crippen LogP contribution >= 0.6 is 11.9 Å². The minimum absolute atomic E-state index is 0.376. The van der Waals surface area contributed by atoms with Gasteiger partial charge in [0.2, 0.25) is 0 Å². The third-order valence-electron chi connectivity index (χ3n) is 6.44. The van der Waals surface area contributed by atoms with Crippen molar-refractivity contribution in [1.82, 2.24) is 14.9 Å². The van der Waals surface area contributed by atoms with Crippen LogP contribution < -0.4 is 14.9 Å². The second kappa shape index (κ2) is 12.0. The summed E-state index contributed by atoms with van der Waals surface area (Å²) in [4.78, 5) is 20.2. The highest BCUT2D eigenvalue weighted by Gasteiger charge is 2.17. The van der Waals surface area contributed by atoms with E-state index in [0.717, 1.165) is 53.2 Å². The summed E-state index contributed by atoms with van der Waals surface area (Å²) in [7, 11) is 4.17. The summed E-state index contributed by atoms with van der Waals surface area (Å²) in [6, 6.07) is 8.50. The maximum absolute atomic E-state index is 4.87. The second-order valence-corrected chi connectivity index (χ2v) is 9.84. The Morgan fingerprint density at radius 2 is 2.03 bits per heavy atom. The number of benzene rings is 2. The fourth-order valence-corrected chi connectivity index (χ4v) is 4.81. The standard InChI is InChI=1S/C28H34N8S/c1-7-20(16-29-3)28(33-18-32-25-15-22-17-35(4)13-10-21(22)14-19(25)2)34-24-9-8-23-26(31-12-11-30-23)27(24)36(5)37-6/h7-9,11-12,14-16,32H,1,3,10,13,17-18H2,2,4-6H3,(H,33,34)/b20-16-. The fourth-order valence-electron chi connectivity index (χ4n) is 4.44. The Bertz CT molecular complexity index is 1360. The summed E-state index contributed by atoms with van der Waals surface area (Å²) in [5, 5.41) is 7.00. The van der Waals surface area contributed by atoms with Gasteiger partial charge >= 0.3 is 0 Å². The van der Waals surface area contributed by atoms with E-state index in [4.69, 9.17) is 4.99 Å². The predicted octanol–water partition coefficient (Wildman–Crippen LogP) is 5.29. The van der Waals surface area contributed by atoms with Crippen molar-refractivity contribution in [2.45, 2.75) is 19.9 Å². The molecule has 0 fully saturated rings. The molecule has 9 heteroatoms. The van der Waals surface area contributed by atoms with Gasteiger partial charge in [-0.05, 0) is 62.0 Å². The van der Waals surface area contributed by atoms with Crippen molar-refractivity contribution in [3.8, 4) is 0 Å². The van der Waals surface area contributed by atoms with Gasteiger partial charge in [-0.15, -0.1) is 0 Å². The maximum Gasteiger partial charge on any atom is 0.136 e. The van der Waals surface area contributed by atoms with E-state index in [-0.39, 0.29) is 0 Å². The molecule has 37 heavy (non-hydrogen) atoms. The molecule has 8 nitrogen and oxygen atoms in total. The molecule has 2 heterocycles. The molecule has 0 spiro atoms. The van der Waals surface area contributed by atoms with Gasteiger partial charge in [-0.1, -0.05) is 30.7 Å². The Labute approximate surface area is 223 Å². The highest BCUT2D eigenvalue weighted by molar-refractivity contribution is 7.99. The number of nitrogens with zero attached hydrogens (tertiary/aromatic N) is 6. The lowest BCUT2D eigenvalue weighted by atomic mass is 9.96. The average Bonchev–Trinajstić information content (AvgIpc) is 2.91. The number of anilines is 3. The van der Waals surface area contributed by atoms with Crippen LogP contribution in [0.2, 0.25) is 0 Å². The van der Waals surface area contributed by atoms with Crippen LogP contribution in [0.4, 0.5) is 17.1 Å². The summed E-state index contributed by atoms with van der Waals surface area (Å²) in [6.07, 6.45) is 9.89. The SMILES string of the molecule is C=CC(=C/N=C)/C(=N\CNc1cc2c(cc1C)CCN(C)C2)Nc1ccc2nccnc2c1N(C)SC. The van der Waals surface area contributed by atoms with Gasteiger partial charge in [-0.3, -0.25) is 15.0 Å². The Balaban J connectivity index is 1.66. The smallest absolute Gasteiger partial charge is 0.136 e. The normalized spacial score (nSPS) is 14.3. The largest absolute Gasteiger partial charge is 0.366 e. The molecule has 0 atom stereocenters. The maximum atomic E-state index is 4.87. The number of aromatic nitrogens is 2. The summed E-state index contributed by atoms with van der Waals surface area (Å²) >= 11 is 1.59. The number of nitrogens with one attached hydrogen (secondary N) is 2. The average molecular weight is 515 g/mol. The number of hydrogen-bond acceptors (Lipinski definition) is 8. The topological polar surface area (TPSA) is 81.0 Å². The van der Waals surface area contributed by atoms with Crippen LogP contribution in [0.15, 0.2) is 71.1 Å². The van der Waals surface area contributed by atoms with Crippen molar-refractivity contribution < 1.29 is 0 Å². The quantitative estimate of drug-likeness (QED) is 0.174. The van der Waals surface area contributed by atoms with Crippen LogP contribution in [-0.4, -0.2) is 61.0 Å². The highest BCUT2D eigenvalue weighted by Crippen LogP contribution is 2.35. The van der Waals surface area contributed by atoms with Crippen molar-refractivity contribution >= 4 is 52.6 Å². The van der Waals surface area contributed by atoms with E-state index in [1.54, 1.807) is 36.6 Å². The third-order valence-corrected chi connectivity index (χ3v) is 7.17. The number of likely N-dealkylation sites (N-methyl/N-ethyl adjacent to an activating group) is 1. The molecule has 0 saturated carbocycles. The van der Waals surface area contributed by atoms with E-state index < -0.39 is 0 Å². The van der Waals surface area contributed by atoms with Crippen LogP contribution in [0.3, 0.4) is 0 Å². The molecule has 3 aromatic rings. The van der Waals surface area contributed by atoms with Crippen molar-refractivity contribution in [1.29, 1.82) is 0 Å². The monoisotopic (exact) mass is 514 g/mol. The number of amidine groups is 1. The van der Waals surface area contributed by atoms with Crippen LogP contribution in [-0.2, 0) is 13.0 Å². The molecule has 0 radical (unpaired) electrons. The molecule has 0 bridgehead atoms. The molecule has 0 amide bonds. The Morgan fingerprint density at radius 3 is 2.78 bits per heavy atom. The van der Waals surface area contributed by atoms with E-state index in [2.05, 4.69) is 74.2 Å². The molecule has 1 aliphatic heterocycles. The lowest BCUT2D eigenvalue weighted by Gasteiger charge is -2.26. The summed E-state index contributed by atoms with van der Waals surface area (Å²) in [5.41, 5.74) is 9.25. The van der Waals surface area contributed by atoms with Crippen molar-refractivity contribution in [3.05, 3.63) is 77.8 Å². The van der Waals surface area contributed by atoms with E-state index in [1.807, 2.05) is 25.4 Å². The molecule has 192 valence electrons. The van der Waals surface area contributed by atoms with E-state index in [9.17, 15) is 0 Å². The van der Waals surface area contributed by atoms with Crippen LogP contribution in [0, 0.1) is 6.92 Å². The number of hydrogen-bond donors (Lipinski definition) is 2. The predicted molar refractivity (Wildman–Crippen MR) is 160 cm³/mol. The minimum atomic E-state index is 0.376. The molecule has 1 aliphatic rings. The first-order chi connectivity index (χ1) is 17.9. The molecule has 4 rings (SSSR count). The molecule has 0 unspecified atom stereocenters. The molecular formula is C28H34N8S. The van der Waals surface area contributed by atoms with Gasteiger partial charge < -0.3 is 19.8 Å². The van der Waals surface area contributed by atoms with Gasteiger partial charge in [-0.25, -0.2) is 4.99 Å². The Hall–Kier alpha value is -3.69. The van der Waals surface area contributed by atoms with Gasteiger partial charge in [0.15, 0.2) is 0 Å². The number of aryl methyl sites for hydroxylation is 1. The first-order valence-electron chi connectivity index (χ1n) is 12.1. The molecule has 1 aromatic heterocycles. The first-order valence-corrected chi connectivity index (χ1v) is 13.3. The van der Waals surface area contributed by atoms with Gasteiger partial charge in [0.05, 0.1) is 16.9 Å². The van der Waals surface area contributed by atoms with E-state index in [1.165, 1.54) is 16.7 Å². The highest BCUT2D eigenvalue weighted by atomic mass is 32.2. The summed E-state index contributed by atoms with van der Waals surface area (Å²) < 4.78 is 2.06. The fraction of sp³-hybridized carbons (Fsp3) is 0.286. The molecule has 0 aliphatic carbocycles. The van der Waals surface area contributed by atoms with E-state index in [0.29, 0.717) is 12.5 Å². The van der Waals surface area contributed by atoms with Gasteiger partial charge in [0, 0.05) is 56.2 Å². The zero-order valence-corrected chi connectivity index (χ0v) is 22.8. The number of aliphatic imine (C=N–C) groups is 2. The van der Waals surface area contributed by atoms with Gasteiger partial charge in [0.25, 0.3) is 0 Å². The number of rotatable bonds is 9. The lowest BCUT2D eigenvalue weighted by Crippen LogP contribution is -2.26. The van der Waals surface area contributed by atoms with Crippen LogP contribution in [0.5, 0.6) is 0 Å². The third kappa shape index (κ3) is 6.00. The van der Waals surface area contributed by atoms with Crippen molar-refractivity contribution in [2.75, 3.05) is 48.5 Å². The second-order valence-electron chi connectivity index (χ2n) is 8.93. The van der Waals surface area contributed by atoms with E-state index >= 15 is 0 Å². The zero-order valence-electron chi connectivity index (χ0n) is 22.0. The molecule has 2 aromatic carbocycles. The van der Waals surface area contributed by atoms with Crippen LogP contribution in [0.25, 0.3) is 11.0 Å². The summed E-state index contributed by atoms with van der Waals surface area (Å²) in [6.45, 7) is 12.2. The van der Waals surface area contributed by atoms with Crippen molar-refractivity contribution in [3.63, 3.8) is 0 Å².